The van der Waals surface area contributed by atoms with Gasteiger partial charge in [0.05, 0.1) is 6.54 Å². The molecule has 0 spiro atoms. The van der Waals surface area contributed by atoms with Crippen molar-refractivity contribution in [3.05, 3.63) is 54.6 Å². The molecule has 2 aromatic rings. The number of carbonyl (C=O) groups excluding carboxylic acids is 1. The van der Waals surface area contributed by atoms with Crippen LogP contribution in [0.2, 0.25) is 0 Å². The molecule has 5 nitrogen and oxygen atoms in total. The van der Waals surface area contributed by atoms with E-state index in [-0.39, 0.29) is 24.8 Å². The van der Waals surface area contributed by atoms with Crippen molar-refractivity contribution in [3.8, 4) is 16.9 Å². The molecule has 1 amide bonds. The van der Waals surface area contributed by atoms with Crippen LogP contribution in [0.25, 0.3) is 11.1 Å². The Bertz CT molecular complexity index is 785. The third-order valence-corrected chi connectivity index (χ3v) is 4.71. The lowest BCUT2D eigenvalue weighted by Gasteiger charge is -2.28. The van der Waals surface area contributed by atoms with E-state index in [4.69, 9.17) is 9.47 Å². The van der Waals surface area contributed by atoms with E-state index in [1.165, 1.54) is 0 Å². The van der Waals surface area contributed by atoms with Crippen molar-refractivity contribution in [1.82, 2.24) is 4.90 Å². The van der Waals surface area contributed by atoms with E-state index in [2.05, 4.69) is 18.2 Å². The number of nitrogens with zero attached hydrogens (tertiary/aromatic N) is 1. The third-order valence-electron chi connectivity index (χ3n) is 4.71. The number of carbonyl (C=O) groups is 1. The van der Waals surface area contributed by atoms with Crippen LogP contribution < -0.4 is 4.74 Å². The molecule has 28 heavy (non-hydrogen) atoms. The Morgan fingerprint density at radius 1 is 1.11 bits per heavy atom. The van der Waals surface area contributed by atoms with Gasteiger partial charge < -0.3 is 19.5 Å². The maximum Gasteiger partial charge on any atom is 0.410 e. The summed E-state index contributed by atoms with van der Waals surface area (Å²) in [6, 6.07) is 18.1. The maximum atomic E-state index is 12.5. The largest absolute Gasteiger partial charge is 0.488 e. The number of ether oxygens (including phenoxy) is 2. The first kappa shape index (κ1) is 20.2. The minimum atomic E-state index is -0.552. The van der Waals surface area contributed by atoms with Gasteiger partial charge in [-0.2, -0.15) is 0 Å². The van der Waals surface area contributed by atoms with Gasteiger partial charge in [-0.25, -0.2) is 4.79 Å². The van der Waals surface area contributed by atoms with Gasteiger partial charge in [0, 0.05) is 19.1 Å². The molecule has 2 atom stereocenters. The molecule has 0 radical (unpaired) electrons. The van der Waals surface area contributed by atoms with Crippen LogP contribution in [0, 0.1) is 0 Å². The van der Waals surface area contributed by atoms with Gasteiger partial charge >= 0.3 is 6.09 Å². The predicted molar refractivity (Wildman–Crippen MR) is 109 cm³/mol. The van der Waals surface area contributed by atoms with Crippen LogP contribution in [-0.4, -0.2) is 47.0 Å². The normalized spacial score (nSPS) is 19.5. The van der Waals surface area contributed by atoms with Gasteiger partial charge in [0.15, 0.2) is 0 Å². The molecule has 2 aromatic carbocycles. The first-order valence-corrected chi connectivity index (χ1v) is 9.78. The number of aliphatic hydroxyl groups excluding tert-OH is 1. The van der Waals surface area contributed by atoms with Crippen molar-refractivity contribution >= 4 is 6.09 Å². The Hall–Kier alpha value is -2.53. The molecule has 0 aliphatic carbocycles. The predicted octanol–water partition coefficient (Wildman–Crippen LogP) is 4.49. The highest BCUT2D eigenvalue weighted by atomic mass is 16.6. The number of hydrogen-bond acceptors (Lipinski definition) is 4. The number of amides is 1. The SMILES string of the molecule is CC(C)(C)OC(=O)N1CC(Oc2cccc(-c3ccccc3)c2)CC1CCO. The molecule has 0 saturated carbocycles. The molecule has 2 unspecified atom stereocenters. The summed E-state index contributed by atoms with van der Waals surface area (Å²) in [5, 5.41) is 9.38. The highest BCUT2D eigenvalue weighted by molar-refractivity contribution is 5.69. The lowest BCUT2D eigenvalue weighted by molar-refractivity contribution is 0.0196. The second-order valence-electron chi connectivity index (χ2n) is 8.17. The molecule has 5 heteroatoms. The van der Waals surface area contributed by atoms with E-state index in [0.29, 0.717) is 19.4 Å². The second kappa shape index (κ2) is 8.65. The molecule has 1 fully saturated rings. The van der Waals surface area contributed by atoms with Crippen LogP contribution in [0.4, 0.5) is 4.79 Å². The van der Waals surface area contributed by atoms with Gasteiger partial charge in [-0.3, -0.25) is 0 Å². The van der Waals surface area contributed by atoms with Crippen LogP contribution in [0.5, 0.6) is 5.75 Å². The molecule has 1 aliphatic rings. The lowest BCUT2D eigenvalue weighted by Crippen LogP contribution is -2.40. The van der Waals surface area contributed by atoms with Gasteiger partial charge in [-0.15, -0.1) is 0 Å². The first-order chi connectivity index (χ1) is 13.4. The smallest absolute Gasteiger partial charge is 0.410 e. The zero-order valence-corrected chi connectivity index (χ0v) is 16.8. The number of aliphatic hydroxyl groups is 1. The number of rotatable bonds is 5. The Morgan fingerprint density at radius 3 is 2.50 bits per heavy atom. The zero-order chi connectivity index (χ0) is 20.1. The quantitative estimate of drug-likeness (QED) is 0.826. The number of hydrogen-bond donors (Lipinski definition) is 1. The van der Waals surface area contributed by atoms with Crippen molar-refractivity contribution < 1.29 is 19.4 Å². The fourth-order valence-electron chi connectivity index (χ4n) is 3.50. The standard InChI is InChI=1S/C23H29NO4/c1-23(2,3)28-22(26)24-16-21(15-19(24)12-13-25)27-20-11-7-10-18(14-20)17-8-5-4-6-9-17/h4-11,14,19,21,25H,12-13,15-16H2,1-3H3. The Labute approximate surface area is 166 Å². The summed E-state index contributed by atoms with van der Waals surface area (Å²) in [7, 11) is 0. The van der Waals surface area contributed by atoms with E-state index < -0.39 is 5.60 Å². The monoisotopic (exact) mass is 383 g/mol. The first-order valence-electron chi connectivity index (χ1n) is 9.78. The number of benzene rings is 2. The summed E-state index contributed by atoms with van der Waals surface area (Å²) < 4.78 is 11.7. The Kier molecular flexibility index (Phi) is 6.25. The fourth-order valence-corrected chi connectivity index (χ4v) is 3.50. The highest BCUT2D eigenvalue weighted by Crippen LogP contribution is 2.29. The average Bonchev–Trinajstić information content (AvgIpc) is 3.04. The molecular weight excluding hydrogens is 354 g/mol. The van der Waals surface area contributed by atoms with Crippen molar-refractivity contribution in [1.29, 1.82) is 0 Å². The summed E-state index contributed by atoms with van der Waals surface area (Å²) in [5.74, 6) is 0.778. The highest BCUT2D eigenvalue weighted by Gasteiger charge is 2.38. The van der Waals surface area contributed by atoms with Crippen molar-refractivity contribution in [2.45, 2.75) is 51.4 Å². The molecule has 150 valence electrons. The Morgan fingerprint density at radius 2 is 1.82 bits per heavy atom. The summed E-state index contributed by atoms with van der Waals surface area (Å²) in [4.78, 5) is 14.2. The van der Waals surface area contributed by atoms with Crippen LogP contribution in [0.1, 0.15) is 33.6 Å². The fraction of sp³-hybridized carbons (Fsp3) is 0.435. The van der Waals surface area contributed by atoms with Crippen molar-refractivity contribution in [2.24, 2.45) is 0 Å². The molecule has 1 aliphatic heterocycles. The molecular formula is C23H29NO4. The summed E-state index contributed by atoms with van der Waals surface area (Å²) >= 11 is 0. The minimum absolute atomic E-state index is 0.0280. The molecule has 3 rings (SSSR count). The number of likely N-dealkylation sites (tertiary alicyclic amines) is 1. The molecule has 0 bridgehead atoms. The van der Waals surface area contributed by atoms with Crippen molar-refractivity contribution in [3.63, 3.8) is 0 Å². The van der Waals surface area contributed by atoms with Crippen LogP contribution in [0.3, 0.4) is 0 Å². The third kappa shape index (κ3) is 5.26. The Balaban J connectivity index is 1.70. The van der Waals surface area contributed by atoms with Crippen LogP contribution >= 0.6 is 0 Å². The minimum Gasteiger partial charge on any atom is -0.488 e. The van der Waals surface area contributed by atoms with E-state index >= 15 is 0 Å². The van der Waals surface area contributed by atoms with Gasteiger partial charge in [-0.05, 0) is 50.5 Å². The summed E-state index contributed by atoms with van der Waals surface area (Å²) in [5.41, 5.74) is 1.67. The zero-order valence-electron chi connectivity index (χ0n) is 16.8. The molecule has 1 N–H and O–H groups in total. The van der Waals surface area contributed by atoms with E-state index in [1.807, 2.05) is 57.2 Å². The lowest BCUT2D eigenvalue weighted by atomic mass is 10.1. The van der Waals surface area contributed by atoms with E-state index in [9.17, 15) is 9.90 Å². The van der Waals surface area contributed by atoms with Gasteiger partial charge in [0.1, 0.15) is 17.5 Å². The van der Waals surface area contributed by atoms with Crippen molar-refractivity contribution in [2.75, 3.05) is 13.2 Å². The summed E-state index contributed by atoms with van der Waals surface area (Å²) in [6.07, 6.45) is 0.712. The van der Waals surface area contributed by atoms with Gasteiger partial charge in [0.25, 0.3) is 0 Å². The molecule has 0 aromatic heterocycles. The molecule has 1 saturated heterocycles. The second-order valence-corrected chi connectivity index (χ2v) is 8.17. The average molecular weight is 383 g/mol. The molecule has 1 heterocycles. The van der Waals surface area contributed by atoms with Crippen LogP contribution in [0.15, 0.2) is 54.6 Å². The van der Waals surface area contributed by atoms with Crippen LogP contribution in [-0.2, 0) is 4.74 Å². The van der Waals surface area contributed by atoms with E-state index in [1.54, 1.807) is 4.90 Å². The van der Waals surface area contributed by atoms with E-state index in [0.717, 1.165) is 16.9 Å². The topological polar surface area (TPSA) is 59.0 Å². The maximum absolute atomic E-state index is 12.5. The van der Waals surface area contributed by atoms with Gasteiger partial charge in [0.2, 0.25) is 0 Å². The van der Waals surface area contributed by atoms with Gasteiger partial charge in [-0.1, -0.05) is 42.5 Å². The summed E-state index contributed by atoms with van der Waals surface area (Å²) in [6.45, 7) is 6.04.